The number of nitrogens with one attached hydrogen (secondary N) is 1. The second-order valence-corrected chi connectivity index (χ2v) is 8.45. The fraction of sp³-hybridized carbons (Fsp3) is 0.458. The molecule has 30 heavy (non-hydrogen) atoms. The highest BCUT2D eigenvalue weighted by atomic mass is 19.1. The van der Waals surface area contributed by atoms with Crippen LogP contribution < -0.4 is 14.7 Å². The van der Waals surface area contributed by atoms with Crippen LogP contribution in [-0.2, 0) is 4.79 Å². The summed E-state index contributed by atoms with van der Waals surface area (Å²) >= 11 is 0. The lowest BCUT2D eigenvalue weighted by molar-refractivity contribution is -0.892. The van der Waals surface area contributed by atoms with E-state index in [0.717, 1.165) is 26.2 Å². The number of carbonyl (C=O) groups is 1. The SMILES string of the molecule is Cc1cccc(N2CC[NH+](CC(=O)N3CCN(c4ccccc4F)CC3)CC2)c1C. The molecule has 6 heteroatoms. The number of halogens is 1. The van der Waals surface area contributed by atoms with E-state index in [0.29, 0.717) is 38.4 Å². The van der Waals surface area contributed by atoms with E-state index in [1.807, 2.05) is 21.9 Å². The normalized spacial score (nSPS) is 18.0. The first-order valence-corrected chi connectivity index (χ1v) is 10.9. The first-order valence-electron chi connectivity index (χ1n) is 10.9. The van der Waals surface area contributed by atoms with Gasteiger partial charge in [-0.3, -0.25) is 4.79 Å². The standard InChI is InChI=1S/C24H31FN4O/c1-19-6-5-9-22(20(19)2)27-12-10-26(11-13-27)18-24(30)29-16-14-28(15-17-29)23-8-4-3-7-21(23)25/h3-9H,10-18H2,1-2H3/p+1. The third-order valence-corrected chi connectivity index (χ3v) is 6.61. The fourth-order valence-electron chi connectivity index (χ4n) is 4.55. The largest absolute Gasteiger partial charge is 0.366 e. The minimum absolute atomic E-state index is 0.191. The Morgan fingerprint density at radius 3 is 2.20 bits per heavy atom. The lowest BCUT2D eigenvalue weighted by atomic mass is 10.1. The molecular formula is C24H32FN4O+. The Morgan fingerprint density at radius 1 is 0.867 bits per heavy atom. The molecule has 0 bridgehead atoms. The molecule has 0 unspecified atom stereocenters. The summed E-state index contributed by atoms with van der Waals surface area (Å²) in [5, 5.41) is 0. The van der Waals surface area contributed by atoms with Gasteiger partial charge in [-0.05, 0) is 43.2 Å². The predicted molar refractivity (Wildman–Crippen MR) is 119 cm³/mol. The summed E-state index contributed by atoms with van der Waals surface area (Å²) in [5.41, 5.74) is 4.64. The number of hydrogen-bond acceptors (Lipinski definition) is 3. The smallest absolute Gasteiger partial charge is 0.277 e. The quantitative estimate of drug-likeness (QED) is 0.827. The maximum absolute atomic E-state index is 14.0. The van der Waals surface area contributed by atoms with Gasteiger partial charge in [0.15, 0.2) is 6.54 Å². The van der Waals surface area contributed by atoms with Crippen molar-refractivity contribution >= 4 is 17.3 Å². The van der Waals surface area contributed by atoms with Gasteiger partial charge in [0, 0.05) is 31.9 Å². The summed E-state index contributed by atoms with van der Waals surface area (Å²) in [6, 6.07) is 13.4. The van der Waals surface area contributed by atoms with Crippen LogP contribution in [0, 0.1) is 19.7 Å². The number of aryl methyl sites for hydroxylation is 1. The van der Waals surface area contributed by atoms with Crippen molar-refractivity contribution in [2.75, 3.05) is 68.7 Å². The number of benzene rings is 2. The van der Waals surface area contributed by atoms with Gasteiger partial charge in [0.25, 0.3) is 5.91 Å². The number of rotatable bonds is 4. The third kappa shape index (κ3) is 4.43. The summed E-state index contributed by atoms with van der Waals surface area (Å²) in [4.78, 5) is 20.6. The van der Waals surface area contributed by atoms with Gasteiger partial charge in [-0.25, -0.2) is 4.39 Å². The average Bonchev–Trinajstić information content (AvgIpc) is 2.77. The highest BCUT2D eigenvalue weighted by molar-refractivity contribution is 5.77. The third-order valence-electron chi connectivity index (χ3n) is 6.61. The number of carbonyl (C=O) groups excluding carboxylic acids is 1. The van der Waals surface area contributed by atoms with E-state index in [9.17, 15) is 9.18 Å². The highest BCUT2D eigenvalue weighted by Crippen LogP contribution is 2.22. The van der Waals surface area contributed by atoms with E-state index in [1.54, 1.807) is 6.07 Å². The molecule has 2 aliphatic heterocycles. The van der Waals surface area contributed by atoms with Crippen molar-refractivity contribution in [2.45, 2.75) is 13.8 Å². The van der Waals surface area contributed by atoms with Crippen molar-refractivity contribution < 1.29 is 14.1 Å². The molecule has 1 amide bonds. The molecule has 2 saturated heterocycles. The lowest BCUT2D eigenvalue weighted by Gasteiger charge is -2.38. The summed E-state index contributed by atoms with van der Waals surface area (Å²) in [5.74, 6) is 0.0295. The molecule has 160 valence electrons. The minimum Gasteiger partial charge on any atom is -0.366 e. The van der Waals surface area contributed by atoms with E-state index in [1.165, 1.54) is 27.8 Å². The van der Waals surface area contributed by atoms with E-state index >= 15 is 0 Å². The Hall–Kier alpha value is -2.60. The van der Waals surface area contributed by atoms with Gasteiger partial charge >= 0.3 is 0 Å². The van der Waals surface area contributed by atoms with Crippen molar-refractivity contribution in [3.05, 3.63) is 59.4 Å². The molecule has 2 aromatic carbocycles. The van der Waals surface area contributed by atoms with Gasteiger partial charge in [-0.15, -0.1) is 0 Å². The second kappa shape index (κ2) is 9.04. The predicted octanol–water partition coefficient (Wildman–Crippen LogP) is 1.50. The second-order valence-electron chi connectivity index (χ2n) is 8.45. The van der Waals surface area contributed by atoms with Crippen molar-refractivity contribution in [3.63, 3.8) is 0 Å². The Labute approximate surface area is 178 Å². The van der Waals surface area contributed by atoms with Crippen LogP contribution in [0.3, 0.4) is 0 Å². The molecule has 1 N–H and O–H groups in total. The van der Waals surface area contributed by atoms with E-state index < -0.39 is 0 Å². The topological polar surface area (TPSA) is 31.2 Å². The van der Waals surface area contributed by atoms with Crippen LogP contribution >= 0.6 is 0 Å². The van der Waals surface area contributed by atoms with Crippen LogP contribution in [0.25, 0.3) is 0 Å². The summed E-state index contributed by atoms with van der Waals surface area (Å²) in [7, 11) is 0. The molecule has 0 spiro atoms. The number of quaternary nitrogens is 1. The molecule has 0 radical (unpaired) electrons. The zero-order valence-corrected chi connectivity index (χ0v) is 18.0. The Bertz CT molecular complexity index is 887. The number of hydrogen-bond donors (Lipinski definition) is 1. The van der Waals surface area contributed by atoms with Crippen LogP contribution in [0.2, 0.25) is 0 Å². The monoisotopic (exact) mass is 411 g/mol. The van der Waals surface area contributed by atoms with Gasteiger partial charge in [-0.2, -0.15) is 0 Å². The number of amides is 1. The lowest BCUT2D eigenvalue weighted by Crippen LogP contribution is -3.16. The van der Waals surface area contributed by atoms with E-state index in [-0.39, 0.29) is 11.7 Å². The van der Waals surface area contributed by atoms with Gasteiger partial charge in [-0.1, -0.05) is 24.3 Å². The Morgan fingerprint density at radius 2 is 1.50 bits per heavy atom. The molecule has 2 aliphatic rings. The van der Waals surface area contributed by atoms with Gasteiger partial charge < -0.3 is 19.6 Å². The summed E-state index contributed by atoms with van der Waals surface area (Å²) in [6.45, 7) is 11.5. The first-order chi connectivity index (χ1) is 14.5. The average molecular weight is 412 g/mol. The maximum atomic E-state index is 14.0. The molecule has 2 heterocycles. The number of para-hydroxylation sites is 1. The number of piperazine rings is 2. The molecule has 0 aromatic heterocycles. The van der Waals surface area contributed by atoms with E-state index in [2.05, 4.69) is 36.9 Å². The Kier molecular flexibility index (Phi) is 6.23. The van der Waals surface area contributed by atoms with Gasteiger partial charge in [0.2, 0.25) is 0 Å². The molecule has 2 fully saturated rings. The van der Waals surface area contributed by atoms with Gasteiger partial charge in [0.05, 0.1) is 31.9 Å². The summed E-state index contributed by atoms with van der Waals surface area (Å²) in [6.07, 6.45) is 0. The summed E-state index contributed by atoms with van der Waals surface area (Å²) < 4.78 is 14.0. The van der Waals surface area contributed by atoms with E-state index in [4.69, 9.17) is 0 Å². The van der Waals surface area contributed by atoms with Crippen LogP contribution in [0.5, 0.6) is 0 Å². The van der Waals surface area contributed by atoms with Crippen molar-refractivity contribution in [1.82, 2.24) is 4.90 Å². The highest BCUT2D eigenvalue weighted by Gasteiger charge is 2.28. The van der Waals surface area contributed by atoms with Gasteiger partial charge in [0.1, 0.15) is 5.82 Å². The fourth-order valence-corrected chi connectivity index (χ4v) is 4.55. The van der Waals surface area contributed by atoms with Crippen LogP contribution in [0.1, 0.15) is 11.1 Å². The molecule has 4 rings (SSSR count). The van der Waals surface area contributed by atoms with Crippen LogP contribution in [-0.4, -0.2) is 69.7 Å². The maximum Gasteiger partial charge on any atom is 0.277 e. The van der Waals surface area contributed by atoms with Crippen molar-refractivity contribution in [3.8, 4) is 0 Å². The zero-order chi connectivity index (χ0) is 21.1. The van der Waals surface area contributed by atoms with Crippen molar-refractivity contribution in [2.24, 2.45) is 0 Å². The number of anilines is 2. The van der Waals surface area contributed by atoms with Crippen LogP contribution in [0.15, 0.2) is 42.5 Å². The molecule has 5 nitrogen and oxygen atoms in total. The zero-order valence-electron chi connectivity index (χ0n) is 18.0. The Balaban J connectivity index is 1.26. The number of nitrogens with zero attached hydrogens (tertiary/aromatic N) is 3. The molecule has 0 atom stereocenters. The molecule has 0 saturated carbocycles. The first kappa shape index (κ1) is 20.7. The molecular weight excluding hydrogens is 379 g/mol. The minimum atomic E-state index is -0.191. The van der Waals surface area contributed by atoms with Crippen molar-refractivity contribution in [1.29, 1.82) is 0 Å². The molecule has 0 aliphatic carbocycles. The molecule has 2 aromatic rings. The van der Waals surface area contributed by atoms with Crippen LogP contribution in [0.4, 0.5) is 15.8 Å².